The largest absolute Gasteiger partial charge is 0.376 e. The Bertz CT molecular complexity index is 637. The van der Waals surface area contributed by atoms with E-state index in [0.29, 0.717) is 6.61 Å². The highest BCUT2D eigenvalue weighted by atomic mass is 16.5. The number of hydrogen-bond donors (Lipinski definition) is 0. The van der Waals surface area contributed by atoms with Crippen LogP contribution in [0.4, 0.5) is 0 Å². The monoisotopic (exact) mass is 322 g/mol. The molecule has 0 aromatic heterocycles. The van der Waals surface area contributed by atoms with Crippen LogP contribution in [-0.2, 0) is 9.53 Å². The number of fused-ring (bicyclic) bond motifs is 2. The topological polar surface area (TPSA) is 26.3 Å². The lowest BCUT2D eigenvalue weighted by molar-refractivity contribution is -0.119. The Kier molecular flexibility index (Phi) is 5.53. The second-order valence-electron chi connectivity index (χ2n) is 7.00. The second kappa shape index (κ2) is 7.81. The fourth-order valence-corrected chi connectivity index (χ4v) is 4.01. The fourth-order valence-electron chi connectivity index (χ4n) is 4.01. The molecule has 2 bridgehead atoms. The van der Waals surface area contributed by atoms with Gasteiger partial charge in [0, 0.05) is 11.5 Å². The Morgan fingerprint density at radius 2 is 2.12 bits per heavy atom. The van der Waals surface area contributed by atoms with Crippen molar-refractivity contribution in [1.29, 1.82) is 0 Å². The summed E-state index contributed by atoms with van der Waals surface area (Å²) in [7, 11) is 0. The van der Waals surface area contributed by atoms with Gasteiger partial charge in [0.2, 0.25) is 0 Å². The quantitative estimate of drug-likeness (QED) is 0.336. The van der Waals surface area contributed by atoms with Gasteiger partial charge in [-0.15, -0.1) is 0 Å². The van der Waals surface area contributed by atoms with Gasteiger partial charge in [0.15, 0.2) is 0 Å². The highest BCUT2D eigenvalue weighted by Crippen LogP contribution is 2.54. The Morgan fingerprint density at radius 3 is 2.88 bits per heavy atom. The highest BCUT2D eigenvalue weighted by molar-refractivity contribution is 5.58. The normalized spacial score (nSPS) is 31.1. The highest BCUT2D eigenvalue weighted by Gasteiger charge is 2.57. The molecule has 2 nitrogen and oxygen atoms in total. The van der Waals surface area contributed by atoms with Gasteiger partial charge >= 0.3 is 0 Å². The molecule has 0 N–H and O–H groups in total. The lowest BCUT2D eigenvalue weighted by atomic mass is 9.74. The van der Waals surface area contributed by atoms with Gasteiger partial charge in [-0.25, -0.2) is 0 Å². The molecule has 1 aliphatic carbocycles. The number of hydrogen-bond acceptors (Lipinski definition) is 2. The zero-order valence-electron chi connectivity index (χ0n) is 14.4. The number of benzene rings is 1. The van der Waals surface area contributed by atoms with Crippen molar-refractivity contribution in [3.8, 4) is 11.8 Å². The summed E-state index contributed by atoms with van der Waals surface area (Å²) in [6.45, 7) is 2.87. The van der Waals surface area contributed by atoms with E-state index in [1.54, 1.807) is 0 Å². The summed E-state index contributed by atoms with van der Waals surface area (Å²) in [5, 5.41) is 0. The predicted molar refractivity (Wildman–Crippen MR) is 96.4 cm³/mol. The number of allylic oxidation sites excluding steroid dienone is 2. The molecule has 3 rings (SSSR count). The second-order valence-corrected chi connectivity index (χ2v) is 7.00. The summed E-state index contributed by atoms with van der Waals surface area (Å²) in [4.78, 5) is 11.6. The molecule has 2 heteroatoms. The molecule has 0 spiro atoms. The standard InChI is InChI=1S/C22H26O2/c1-2-3-4-5-9-12-20-19(16-23)21-15-22(20,17-24-21)14-13-18-10-7-6-8-11-18/h5-11,16,19-21H,2-4,12,15,17H2,1H3/b9-5-/t19-,20-,21-,22-/m0/s1. The van der Waals surface area contributed by atoms with Crippen LogP contribution in [0.1, 0.15) is 44.6 Å². The molecule has 1 saturated heterocycles. The van der Waals surface area contributed by atoms with Gasteiger partial charge in [0.25, 0.3) is 0 Å². The van der Waals surface area contributed by atoms with Gasteiger partial charge < -0.3 is 9.53 Å². The molecule has 1 heterocycles. The van der Waals surface area contributed by atoms with Crippen molar-refractivity contribution < 1.29 is 9.53 Å². The van der Waals surface area contributed by atoms with E-state index in [9.17, 15) is 4.79 Å². The van der Waals surface area contributed by atoms with Crippen molar-refractivity contribution in [2.45, 2.75) is 45.1 Å². The molecule has 1 aliphatic heterocycles. The van der Waals surface area contributed by atoms with Crippen molar-refractivity contribution in [3.05, 3.63) is 48.0 Å². The van der Waals surface area contributed by atoms with Gasteiger partial charge in [0.1, 0.15) is 6.29 Å². The van der Waals surface area contributed by atoms with Gasteiger partial charge in [-0.3, -0.25) is 0 Å². The third-order valence-corrected chi connectivity index (χ3v) is 5.39. The Hall–Kier alpha value is -1.85. The first kappa shape index (κ1) is 17.0. The third kappa shape index (κ3) is 3.47. The Morgan fingerprint density at radius 1 is 1.29 bits per heavy atom. The van der Waals surface area contributed by atoms with Crippen molar-refractivity contribution in [2.24, 2.45) is 17.3 Å². The number of aldehydes is 1. The minimum absolute atomic E-state index is 0.0142. The smallest absolute Gasteiger partial charge is 0.126 e. The average molecular weight is 322 g/mol. The molecular weight excluding hydrogens is 296 g/mol. The van der Waals surface area contributed by atoms with Crippen LogP contribution in [0.15, 0.2) is 42.5 Å². The number of rotatable bonds is 6. The van der Waals surface area contributed by atoms with Crippen LogP contribution in [0.3, 0.4) is 0 Å². The van der Waals surface area contributed by atoms with E-state index >= 15 is 0 Å². The summed E-state index contributed by atoms with van der Waals surface area (Å²) >= 11 is 0. The minimum Gasteiger partial charge on any atom is -0.376 e. The molecule has 1 saturated carbocycles. The van der Waals surface area contributed by atoms with Crippen molar-refractivity contribution in [2.75, 3.05) is 6.61 Å². The lowest BCUT2D eigenvalue weighted by Gasteiger charge is -2.32. The molecular formula is C22H26O2. The zero-order chi connectivity index (χ0) is 16.8. The van der Waals surface area contributed by atoms with Crippen LogP contribution in [0, 0.1) is 29.1 Å². The SMILES string of the molecule is CCCC/C=C\C[C@H]1[C@H](C=O)[C@@H]2C[C@@]1(C#Cc1ccccc1)CO2. The van der Waals surface area contributed by atoms with E-state index in [-0.39, 0.29) is 23.4 Å². The number of carbonyl (C=O) groups is 1. The first-order valence-corrected chi connectivity index (χ1v) is 9.09. The van der Waals surface area contributed by atoms with Crippen molar-refractivity contribution >= 4 is 6.29 Å². The summed E-state index contributed by atoms with van der Waals surface area (Å²) in [5.74, 6) is 7.09. The summed E-state index contributed by atoms with van der Waals surface area (Å²) < 4.78 is 5.86. The molecule has 2 aliphatic rings. The summed E-state index contributed by atoms with van der Waals surface area (Å²) in [6, 6.07) is 10.1. The first-order chi connectivity index (χ1) is 11.8. The predicted octanol–water partition coefficient (Wildman–Crippen LogP) is 4.39. The summed E-state index contributed by atoms with van der Waals surface area (Å²) in [5.41, 5.74) is 0.864. The molecule has 0 unspecified atom stereocenters. The van der Waals surface area contributed by atoms with E-state index < -0.39 is 0 Å². The molecule has 126 valence electrons. The van der Waals surface area contributed by atoms with Gasteiger partial charge in [0.05, 0.1) is 18.1 Å². The Labute approximate surface area is 145 Å². The van der Waals surface area contributed by atoms with Crippen LogP contribution in [0.25, 0.3) is 0 Å². The summed E-state index contributed by atoms with van der Waals surface area (Å²) in [6.07, 6.45) is 11.1. The zero-order valence-corrected chi connectivity index (χ0v) is 14.4. The first-order valence-electron chi connectivity index (χ1n) is 9.09. The van der Waals surface area contributed by atoms with E-state index in [4.69, 9.17) is 4.74 Å². The van der Waals surface area contributed by atoms with Crippen molar-refractivity contribution in [1.82, 2.24) is 0 Å². The molecule has 1 aromatic rings. The number of ether oxygens (including phenoxy) is 1. The van der Waals surface area contributed by atoms with Crippen molar-refractivity contribution in [3.63, 3.8) is 0 Å². The molecule has 4 atom stereocenters. The number of carbonyl (C=O) groups excluding carboxylic acids is 1. The van der Waals surface area contributed by atoms with Gasteiger partial charge in [-0.05, 0) is 37.3 Å². The minimum atomic E-state index is -0.165. The third-order valence-electron chi connectivity index (χ3n) is 5.39. The number of unbranched alkanes of at least 4 members (excludes halogenated alkanes) is 2. The van der Waals surface area contributed by atoms with E-state index in [1.165, 1.54) is 12.8 Å². The van der Waals surface area contributed by atoms with E-state index in [1.807, 2.05) is 30.3 Å². The van der Waals surface area contributed by atoms with Crippen LogP contribution < -0.4 is 0 Å². The van der Waals surface area contributed by atoms with Crippen LogP contribution in [0.2, 0.25) is 0 Å². The lowest BCUT2D eigenvalue weighted by Crippen LogP contribution is -2.36. The average Bonchev–Trinajstić information content (AvgIpc) is 3.17. The molecule has 0 radical (unpaired) electrons. The molecule has 2 fully saturated rings. The van der Waals surface area contributed by atoms with Crippen LogP contribution >= 0.6 is 0 Å². The maximum absolute atomic E-state index is 11.6. The van der Waals surface area contributed by atoms with Gasteiger partial charge in [-0.1, -0.05) is 62.0 Å². The maximum atomic E-state index is 11.6. The molecule has 24 heavy (non-hydrogen) atoms. The van der Waals surface area contributed by atoms with E-state index in [2.05, 4.69) is 30.9 Å². The molecule has 1 aromatic carbocycles. The molecule has 0 amide bonds. The van der Waals surface area contributed by atoms with Crippen LogP contribution in [0.5, 0.6) is 0 Å². The fraction of sp³-hybridized carbons (Fsp3) is 0.500. The van der Waals surface area contributed by atoms with E-state index in [0.717, 1.165) is 31.1 Å². The Balaban J connectivity index is 1.77. The van der Waals surface area contributed by atoms with Gasteiger partial charge in [-0.2, -0.15) is 0 Å². The van der Waals surface area contributed by atoms with Crippen LogP contribution in [-0.4, -0.2) is 19.0 Å². The maximum Gasteiger partial charge on any atom is 0.126 e.